The highest BCUT2D eigenvalue weighted by atomic mass is 16.7. The minimum atomic E-state index is -1.12. The fourth-order valence-corrected chi connectivity index (χ4v) is 12.6. The van der Waals surface area contributed by atoms with E-state index < -0.39 is 145 Å². The second kappa shape index (κ2) is 35.7. The minimum absolute atomic E-state index is 0.00593. The molecule has 0 aliphatic carbocycles. The molecule has 0 aromatic heterocycles. The van der Waals surface area contributed by atoms with Crippen molar-refractivity contribution in [1.82, 2.24) is 26.6 Å². The number of hydrogen-bond donors (Lipinski definition) is 5. The van der Waals surface area contributed by atoms with Crippen LogP contribution in [0.5, 0.6) is 0 Å². The summed E-state index contributed by atoms with van der Waals surface area (Å²) in [4.78, 5) is 85.8. The lowest BCUT2D eigenvalue weighted by Gasteiger charge is -2.46. The number of carbonyl (C=O) groups is 6. The maximum atomic E-state index is 14.2. The molecular formula is C75H84N8O19. The van der Waals surface area contributed by atoms with Crippen molar-refractivity contribution in [2.45, 2.75) is 169 Å². The third kappa shape index (κ3) is 18.8. The predicted octanol–water partition coefficient (Wildman–Crippen LogP) is 4.95. The van der Waals surface area contributed by atoms with Crippen LogP contribution in [0.2, 0.25) is 0 Å². The molecule has 0 bridgehead atoms. The summed E-state index contributed by atoms with van der Waals surface area (Å²) in [5.74, 6) is -3.10. The number of ether oxygens (including phenoxy) is 13. The van der Waals surface area contributed by atoms with Crippen molar-refractivity contribution in [3.8, 4) is 0 Å². The Balaban J connectivity index is 0.643. The first-order valence-corrected chi connectivity index (χ1v) is 34.3. The second-order valence-electron chi connectivity index (χ2n) is 25.8. The van der Waals surface area contributed by atoms with Crippen LogP contribution in [0.25, 0.3) is 10.4 Å². The van der Waals surface area contributed by atoms with E-state index in [0.717, 1.165) is 33.4 Å². The lowest BCUT2D eigenvalue weighted by Crippen LogP contribution is -2.69. The van der Waals surface area contributed by atoms with Crippen LogP contribution < -0.4 is 26.6 Å². The molecule has 102 heavy (non-hydrogen) atoms. The molecule has 6 fully saturated rings. The van der Waals surface area contributed by atoms with Gasteiger partial charge in [-0.1, -0.05) is 187 Å². The van der Waals surface area contributed by atoms with Crippen LogP contribution in [-0.2, 0) is 130 Å². The van der Waals surface area contributed by atoms with Crippen molar-refractivity contribution in [1.29, 1.82) is 0 Å². The molecule has 0 unspecified atom stereocenters. The number of azide groups is 1. The van der Waals surface area contributed by atoms with Crippen molar-refractivity contribution in [3.05, 3.63) is 226 Å². The number of carbonyl (C=O) groups excluding carboxylic acids is 6. The summed E-state index contributed by atoms with van der Waals surface area (Å²) in [5.41, 5.74) is 14.1. The van der Waals surface area contributed by atoms with E-state index in [9.17, 15) is 28.8 Å². The maximum absolute atomic E-state index is 14.2. The standard InChI is InChI=1S/C75H84N8O19/c1-45(2)96-75(89)69-63(95-44-51-31-19-8-20-32-51)56(102-69)37-81-73(87)67-61(93-42-49-27-15-6-16-28-49)54(100-67)35-79-71(85)65-59(91-40-47-23-11-4-12-24-47)52(98-65)33-77-70(84)64-58(90-39-46-21-9-3-10-22-46)53(97-64)34-78-72(86)66-60(92-41-48-25-13-5-14-26-48)55(99-66)36-80-74(88)68-62(57(101-68)38-82-83-76)94-43-50-29-17-7-18-30-50/h3-32,45,52-69H,33-44H2,1-2H3,(H,77,84)(H,78,86)(H,79,85)(H,80,88)(H,81,87)/t52-,53-,54-,55-,56-,57-,58-,59-,60-,61-,62-,63-,64-,65-,66-,67-,68-,69-/m0/s1. The molecule has 0 radical (unpaired) electrons. The first kappa shape index (κ1) is 72.7. The van der Waals surface area contributed by atoms with E-state index in [4.69, 9.17) is 67.1 Å². The van der Waals surface area contributed by atoms with Crippen LogP contribution in [0.4, 0.5) is 0 Å². The molecule has 6 aliphatic rings. The zero-order chi connectivity index (χ0) is 70.7. The molecule has 27 nitrogen and oxygen atoms in total. The molecule has 6 aliphatic heterocycles. The van der Waals surface area contributed by atoms with Gasteiger partial charge in [0.1, 0.15) is 67.1 Å². The van der Waals surface area contributed by atoms with Crippen LogP contribution in [0.3, 0.4) is 0 Å². The van der Waals surface area contributed by atoms with Crippen LogP contribution >= 0.6 is 0 Å². The lowest BCUT2D eigenvalue weighted by molar-refractivity contribution is -0.252. The Bertz CT molecular complexity index is 3760. The van der Waals surface area contributed by atoms with Crippen molar-refractivity contribution in [3.63, 3.8) is 0 Å². The van der Waals surface area contributed by atoms with Crippen molar-refractivity contribution >= 4 is 35.5 Å². The van der Waals surface area contributed by atoms with Gasteiger partial charge >= 0.3 is 5.97 Å². The van der Waals surface area contributed by atoms with Gasteiger partial charge in [0.05, 0.1) is 58.4 Å². The molecule has 0 saturated carbocycles. The molecule has 6 heterocycles. The highest BCUT2D eigenvalue weighted by Crippen LogP contribution is 2.34. The molecule has 12 rings (SSSR count). The van der Waals surface area contributed by atoms with E-state index in [2.05, 4.69) is 36.6 Å². The van der Waals surface area contributed by atoms with Gasteiger partial charge in [-0.3, -0.25) is 24.0 Å². The molecule has 18 atom stereocenters. The maximum Gasteiger partial charge on any atom is 0.338 e. The Kier molecular flexibility index (Phi) is 25.5. The zero-order valence-electron chi connectivity index (χ0n) is 56.4. The Morgan fingerprint density at radius 3 is 0.775 bits per heavy atom. The number of amides is 5. The average Bonchev–Trinajstić information content (AvgIpc) is 0.788. The SMILES string of the molecule is CC(C)OC(=O)[C@H]1O[C@@H](CNC(=O)[C@H]2O[C@@H](CNC(=O)[C@H]3O[C@@H](CNC(=O)[C@H]4O[C@@H](CNC(=O)[C@H]5O[C@@H](CNC(=O)[C@H]6O[C@@H](CN=[N+]=[N-])[C@@H]6OCc6ccccc6)[C@@H]5OCc5ccccc5)[C@@H]4OCc4ccccc4)[C@@H]3OCc3ccccc3)[C@@H]2OCc2ccccc2)[C@@H]1OCc1ccccc1. The summed E-state index contributed by atoms with van der Waals surface area (Å²) in [6.07, 6.45) is -15.8. The topological polar surface area (TPSA) is 331 Å². The monoisotopic (exact) mass is 1400 g/mol. The van der Waals surface area contributed by atoms with Crippen LogP contribution in [0.15, 0.2) is 187 Å². The van der Waals surface area contributed by atoms with Gasteiger partial charge in [0, 0.05) is 37.6 Å². The summed E-state index contributed by atoms with van der Waals surface area (Å²) in [6, 6.07) is 56.5. The molecule has 6 aromatic carbocycles. The second-order valence-corrected chi connectivity index (χ2v) is 25.8. The van der Waals surface area contributed by atoms with Gasteiger partial charge in [0.25, 0.3) is 29.5 Å². The molecule has 0 spiro atoms. The number of benzene rings is 6. The normalized spacial score (nSPS) is 28.1. The number of nitrogens with one attached hydrogen (secondary N) is 5. The summed E-state index contributed by atoms with van der Waals surface area (Å²) in [6.45, 7) is 4.14. The molecule has 538 valence electrons. The summed E-state index contributed by atoms with van der Waals surface area (Å²) in [5, 5.41) is 18.1. The fraction of sp³-hybridized carbons (Fsp3) is 0.440. The highest BCUT2D eigenvalue weighted by molar-refractivity contribution is 5.86. The van der Waals surface area contributed by atoms with Gasteiger partial charge in [0.2, 0.25) is 0 Å². The van der Waals surface area contributed by atoms with Gasteiger partial charge < -0.3 is 88.2 Å². The zero-order valence-corrected chi connectivity index (χ0v) is 56.4. The van der Waals surface area contributed by atoms with E-state index >= 15 is 0 Å². The molecule has 6 aromatic rings. The van der Waals surface area contributed by atoms with Crippen LogP contribution in [0.1, 0.15) is 47.2 Å². The number of rotatable bonds is 37. The van der Waals surface area contributed by atoms with Gasteiger partial charge in [-0.05, 0) is 52.8 Å². The smallest absolute Gasteiger partial charge is 0.338 e. The van der Waals surface area contributed by atoms with E-state index in [-0.39, 0.29) is 85.0 Å². The first-order chi connectivity index (χ1) is 49.8. The lowest BCUT2D eigenvalue weighted by atomic mass is 9.96. The minimum Gasteiger partial charge on any atom is -0.461 e. The van der Waals surface area contributed by atoms with Gasteiger partial charge in [-0.15, -0.1) is 0 Å². The summed E-state index contributed by atoms with van der Waals surface area (Å²) >= 11 is 0. The van der Waals surface area contributed by atoms with E-state index in [1.807, 2.05) is 182 Å². The van der Waals surface area contributed by atoms with Gasteiger partial charge in [-0.2, -0.15) is 0 Å². The van der Waals surface area contributed by atoms with Crippen molar-refractivity contribution in [2.24, 2.45) is 5.11 Å². The van der Waals surface area contributed by atoms with Crippen molar-refractivity contribution < 1.29 is 90.3 Å². The van der Waals surface area contributed by atoms with Crippen molar-refractivity contribution in [2.75, 3.05) is 39.3 Å². The summed E-state index contributed by atoms with van der Waals surface area (Å²) < 4.78 is 79.6. The largest absolute Gasteiger partial charge is 0.461 e. The number of hydrogen-bond acceptors (Lipinski definition) is 20. The third-order valence-electron chi connectivity index (χ3n) is 18.2. The molecule has 27 heteroatoms. The predicted molar refractivity (Wildman–Crippen MR) is 362 cm³/mol. The first-order valence-electron chi connectivity index (χ1n) is 34.3. The summed E-state index contributed by atoms with van der Waals surface area (Å²) in [7, 11) is 0. The Morgan fingerprint density at radius 1 is 0.343 bits per heavy atom. The van der Waals surface area contributed by atoms with E-state index in [1.54, 1.807) is 13.8 Å². The molecule has 6 saturated heterocycles. The molecular weight excluding hydrogens is 1320 g/mol. The Labute approximate surface area is 589 Å². The molecule has 5 N–H and O–H groups in total. The van der Waals surface area contributed by atoms with Gasteiger partial charge in [-0.25, -0.2) is 4.79 Å². The fourth-order valence-electron chi connectivity index (χ4n) is 12.6. The average molecular weight is 1400 g/mol. The van der Waals surface area contributed by atoms with E-state index in [1.165, 1.54) is 0 Å². The Hall–Kier alpha value is -9.03. The van der Waals surface area contributed by atoms with Crippen LogP contribution in [0, 0.1) is 0 Å². The third-order valence-corrected chi connectivity index (χ3v) is 18.2. The van der Waals surface area contributed by atoms with E-state index in [0.29, 0.717) is 0 Å². The molecule has 5 amide bonds. The Morgan fingerprint density at radius 2 is 0.549 bits per heavy atom. The number of nitrogens with zero attached hydrogens (tertiary/aromatic N) is 3. The van der Waals surface area contributed by atoms with Crippen LogP contribution in [-0.4, -0.2) is 191 Å². The van der Waals surface area contributed by atoms with Gasteiger partial charge in [0.15, 0.2) is 36.6 Å². The quantitative estimate of drug-likeness (QED) is 0.0149. The number of esters is 1. The highest BCUT2D eigenvalue weighted by Gasteiger charge is 2.55.